The largest absolute Gasteiger partial charge is 0.497 e. The summed E-state index contributed by atoms with van der Waals surface area (Å²) in [4.78, 5) is 12.0. The van der Waals surface area contributed by atoms with Gasteiger partial charge in [-0.2, -0.15) is 0 Å². The number of benzene rings is 2. The normalized spacial score (nSPS) is 10.4. The number of carbonyl (C=O) groups excluding carboxylic acids is 1. The molecule has 1 N–H and O–H groups in total. The van der Waals surface area contributed by atoms with Gasteiger partial charge in [0.25, 0.3) is 0 Å². The van der Waals surface area contributed by atoms with Crippen molar-refractivity contribution in [2.24, 2.45) is 0 Å². The zero-order valence-electron chi connectivity index (χ0n) is 15.3. The van der Waals surface area contributed by atoms with E-state index in [4.69, 9.17) is 13.9 Å². The van der Waals surface area contributed by atoms with E-state index in [1.54, 1.807) is 14.2 Å². The number of carbonyl (C=O) groups is 1. The summed E-state index contributed by atoms with van der Waals surface area (Å²) in [6.45, 7) is 0.425. The predicted molar refractivity (Wildman–Crippen MR) is 99.7 cm³/mol. The molecule has 0 spiro atoms. The smallest absolute Gasteiger partial charge is 0.247 e. The molecule has 0 aliphatic carbocycles. The molecule has 1 heterocycles. The lowest BCUT2D eigenvalue weighted by molar-refractivity contribution is -0.120. The summed E-state index contributed by atoms with van der Waals surface area (Å²) in [6.07, 6.45) is 0.772. The number of hydrogen-bond acceptors (Lipinski definition) is 6. The number of nitrogens with one attached hydrogen (secondary N) is 1. The Morgan fingerprint density at radius 2 is 1.81 bits per heavy atom. The van der Waals surface area contributed by atoms with Crippen molar-refractivity contribution in [3.63, 3.8) is 0 Å². The Kier molecular flexibility index (Phi) is 6.04. The van der Waals surface area contributed by atoms with E-state index in [1.807, 2.05) is 48.5 Å². The maximum Gasteiger partial charge on any atom is 0.247 e. The minimum Gasteiger partial charge on any atom is -0.497 e. The minimum atomic E-state index is -0.0623. The molecule has 2 aromatic carbocycles. The molecule has 0 unspecified atom stereocenters. The van der Waals surface area contributed by atoms with Crippen LogP contribution >= 0.6 is 0 Å². The van der Waals surface area contributed by atoms with Gasteiger partial charge in [0, 0.05) is 18.5 Å². The van der Waals surface area contributed by atoms with Gasteiger partial charge in [-0.25, -0.2) is 0 Å². The van der Waals surface area contributed by atoms with Crippen molar-refractivity contribution in [1.29, 1.82) is 0 Å². The van der Waals surface area contributed by atoms with Crippen LogP contribution in [0.2, 0.25) is 0 Å². The van der Waals surface area contributed by atoms with Gasteiger partial charge in [-0.15, -0.1) is 10.2 Å². The average Bonchev–Trinajstić information content (AvgIpc) is 3.17. The van der Waals surface area contributed by atoms with Gasteiger partial charge in [0.2, 0.25) is 17.7 Å². The highest BCUT2D eigenvalue weighted by atomic mass is 16.5. The third kappa shape index (κ3) is 5.07. The maximum atomic E-state index is 12.0. The van der Waals surface area contributed by atoms with E-state index in [0.29, 0.717) is 31.2 Å². The second kappa shape index (κ2) is 8.84. The third-order valence-corrected chi connectivity index (χ3v) is 3.97. The Morgan fingerprint density at radius 1 is 1.04 bits per heavy atom. The average molecular weight is 367 g/mol. The lowest BCUT2D eigenvalue weighted by Crippen LogP contribution is -2.27. The van der Waals surface area contributed by atoms with Crippen LogP contribution < -0.4 is 14.8 Å². The monoisotopic (exact) mass is 367 g/mol. The first-order valence-electron chi connectivity index (χ1n) is 8.54. The van der Waals surface area contributed by atoms with Crippen molar-refractivity contribution in [1.82, 2.24) is 15.5 Å². The fourth-order valence-corrected chi connectivity index (χ4v) is 2.53. The standard InChI is InChI=1S/C20H21N3O4/c1-25-16-8-6-14(7-9-16)12-18(24)21-11-10-19-22-23-20(27-19)15-4-3-5-17(13-15)26-2/h3-9,13H,10-12H2,1-2H3,(H,21,24). The Balaban J connectivity index is 1.48. The molecule has 0 aliphatic heterocycles. The van der Waals surface area contributed by atoms with Gasteiger partial charge in [0.05, 0.1) is 20.6 Å². The highest BCUT2D eigenvalue weighted by Gasteiger charge is 2.10. The second-order valence-corrected chi connectivity index (χ2v) is 5.86. The molecule has 7 nitrogen and oxygen atoms in total. The highest BCUT2D eigenvalue weighted by Crippen LogP contribution is 2.22. The summed E-state index contributed by atoms with van der Waals surface area (Å²) in [5, 5.41) is 10.9. The SMILES string of the molecule is COc1ccc(CC(=O)NCCc2nnc(-c3cccc(OC)c3)o2)cc1. The summed E-state index contributed by atoms with van der Waals surface area (Å²) < 4.78 is 15.9. The molecule has 3 aromatic rings. The van der Waals surface area contributed by atoms with Crippen LogP contribution in [-0.4, -0.2) is 36.9 Å². The van der Waals surface area contributed by atoms with Gasteiger partial charge in [-0.3, -0.25) is 4.79 Å². The first kappa shape index (κ1) is 18.4. The summed E-state index contributed by atoms with van der Waals surface area (Å²) in [7, 11) is 3.21. The number of nitrogens with zero attached hydrogens (tertiary/aromatic N) is 2. The van der Waals surface area contributed by atoms with Crippen LogP contribution in [0.3, 0.4) is 0 Å². The number of ether oxygens (including phenoxy) is 2. The fraction of sp³-hybridized carbons (Fsp3) is 0.250. The molecule has 140 valence electrons. The quantitative estimate of drug-likeness (QED) is 0.659. The molecule has 0 atom stereocenters. The van der Waals surface area contributed by atoms with Gasteiger partial charge in [0.1, 0.15) is 11.5 Å². The van der Waals surface area contributed by atoms with E-state index in [9.17, 15) is 4.79 Å². The second-order valence-electron chi connectivity index (χ2n) is 5.86. The van der Waals surface area contributed by atoms with Gasteiger partial charge in [0.15, 0.2) is 0 Å². The fourth-order valence-electron chi connectivity index (χ4n) is 2.53. The third-order valence-electron chi connectivity index (χ3n) is 3.97. The van der Waals surface area contributed by atoms with Crippen LogP contribution in [0.15, 0.2) is 52.9 Å². The van der Waals surface area contributed by atoms with E-state index < -0.39 is 0 Å². The van der Waals surface area contributed by atoms with Crippen molar-refractivity contribution >= 4 is 5.91 Å². The molecule has 0 aliphatic rings. The highest BCUT2D eigenvalue weighted by molar-refractivity contribution is 5.78. The molecule has 1 amide bonds. The predicted octanol–water partition coefficient (Wildman–Crippen LogP) is 2.66. The molecule has 0 bridgehead atoms. The molecule has 27 heavy (non-hydrogen) atoms. The van der Waals surface area contributed by atoms with Gasteiger partial charge >= 0.3 is 0 Å². The molecule has 0 fully saturated rings. The number of rotatable bonds is 8. The van der Waals surface area contributed by atoms with Crippen LogP contribution in [0, 0.1) is 0 Å². The summed E-state index contributed by atoms with van der Waals surface area (Å²) in [6, 6.07) is 14.8. The summed E-state index contributed by atoms with van der Waals surface area (Å²) in [5.41, 5.74) is 1.71. The lowest BCUT2D eigenvalue weighted by atomic mass is 10.1. The number of aromatic nitrogens is 2. The molecule has 1 aromatic heterocycles. The molecule has 7 heteroatoms. The van der Waals surface area contributed by atoms with Crippen LogP contribution in [0.25, 0.3) is 11.5 Å². The van der Waals surface area contributed by atoms with Crippen LogP contribution in [0.1, 0.15) is 11.5 Å². The van der Waals surface area contributed by atoms with E-state index in [1.165, 1.54) is 0 Å². The summed E-state index contributed by atoms with van der Waals surface area (Å²) >= 11 is 0. The van der Waals surface area contributed by atoms with E-state index >= 15 is 0 Å². The van der Waals surface area contributed by atoms with Crippen LogP contribution in [-0.2, 0) is 17.6 Å². The van der Waals surface area contributed by atoms with Gasteiger partial charge < -0.3 is 19.2 Å². The Bertz CT molecular complexity index is 890. The molecule has 0 saturated carbocycles. The van der Waals surface area contributed by atoms with Gasteiger partial charge in [-0.05, 0) is 35.9 Å². The molecule has 3 rings (SSSR count). The zero-order chi connectivity index (χ0) is 19.1. The number of amides is 1. The summed E-state index contributed by atoms with van der Waals surface area (Å²) in [5.74, 6) is 2.32. The first-order valence-corrected chi connectivity index (χ1v) is 8.54. The van der Waals surface area contributed by atoms with E-state index in [0.717, 1.165) is 22.6 Å². The van der Waals surface area contributed by atoms with Crippen molar-refractivity contribution in [2.45, 2.75) is 12.8 Å². The first-order chi connectivity index (χ1) is 13.2. The van der Waals surface area contributed by atoms with E-state index in [-0.39, 0.29) is 5.91 Å². The Morgan fingerprint density at radius 3 is 2.56 bits per heavy atom. The van der Waals surface area contributed by atoms with E-state index in [2.05, 4.69) is 15.5 Å². The van der Waals surface area contributed by atoms with Crippen molar-refractivity contribution in [2.75, 3.05) is 20.8 Å². The topological polar surface area (TPSA) is 86.5 Å². The zero-order valence-corrected chi connectivity index (χ0v) is 15.3. The number of hydrogen-bond donors (Lipinski definition) is 1. The Labute approximate surface area is 157 Å². The van der Waals surface area contributed by atoms with Crippen molar-refractivity contribution in [3.8, 4) is 23.0 Å². The van der Waals surface area contributed by atoms with Crippen LogP contribution in [0.4, 0.5) is 0 Å². The lowest BCUT2D eigenvalue weighted by Gasteiger charge is -2.05. The van der Waals surface area contributed by atoms with Crippen LogP contribution in [0.5, 0.6) is 11.5 Å². The maximum absolute atomic E-state index is 12.0. The van der Waals surface area contributed by atoms with Crippen molar-refractivity contribution in [3.05, 3.63) is 60.0 Å². The molecule has 0 saturated heterocycles. The minimum absolute atomic E-state index is 0.0623. The number of methoxy groups -OCH3 is 2. The van der Waals surface area contributed by atoms with Gasteiger partial charge in [-0.1, -0.05) is 18.2 Å². The van der Waals surface area contributed by atoms with Crippen molar-refractivity contribution < 1.29 is 18.7 Å². The Hall–Kier alpha value is -3.35. The molecular weight excluding hydrogens is 346 g/mol. The molecule has 0 radical (unpaired) electrons. The molecular formula is C20H21N3O4.